The SMILES string of the molecule is Cn1cnnc1-c1nn(C)c2c1CN(C(=O)c1cc(F)ccc1F)CC2. The minimum atomic E-state index is -0.734. The van der Waals surface area contributed by atoms with Crippen LogP contribution < -0.4 is 0 Å². The van der Waals surface area contributed by atoms with Gasteiger partial charge in [0, 0.05) is 38.3 Å². The van der Waals surface area contributed by atoms with Crippen LogP contribution in [0.5, 0.6) is 0 Å². The van der Waals surface area contributed by atoms with Gasteiger partial charge in [-0.25, -0.2) is 8.78 Å². The second kappa shape index (κ2) is 6.01. The molecule has 134 valence electrons. The fourth-order valence-corrected chi connectivity index (χ4v) is 3.27. The second-order valence-corrected chi connectivity index (χ2v) is 6.26. The molecule has 0 saturated heterocycles. The topological polar surface area (TPSA) is 68.8 Å². The van der Waals surface area contributed by atoms with E-state index in [-0.39, 0.29) is 12.1 Å². The van der Waals surface area contributed by atoms with Crippen LogP contribution in [0.15, 0.2) is 24.5 Å². The van der Waals surface area contributed by atoms with Gasteiger partial charge < -0.3 is 9.47 Å². The monoisotopic (exact) mass is 358 g/mol. The predicted molar refractivity (Wildman–Crippen MR) is 88.0 cm³/mol. The molecule has 0 fully saturated rings. The molecule has 0 atom stereocenters. The molecule has 26 heavy (non-hydrogen) atoms. The van der Waals surface area contributed by atoms with Gasteiger partial charge in [0.15, 0.2) is 5.82 Å². The van der Waals surface area contributed by atoms with Crippen LogP contribution in [0.1, 0.15) is 21.6 Å². The number of aryl methyl sites for hydroxylation is 2. The third kappa shape index (κ3) is 2.56. The molecule has 4 rings (SSSR count). The highest BCUT2D eigenvalue weighted by Crippen LogP contribution is 2.29. The molecule has 0 N–H and O–H groups in total. The average Bonchev–Trinajstić information content (AvgIpc) is 3.19. The number of carbonyl (C=O) groups excluding carboxylic acids is 1. The average molecular weight is 358 g/mol. The largest absolute Gasteiger partial charge is 0.334 e. The highest BCUT2D eigenvalue weighted by molar-refractivity contribution is 5.94. The van der Waals surface area contributed by atoms with Gasteiger partial charge in [0.1, 0.15) is 23.7 Å². The molecular weight excluding hydrogens is 342 g/mol. The molecule has 0 unspecified atom stereocenters. The van der Waals surface area contributed by atoms with E-state index in [9.17, 15) is 13.6 Å². The number of aromatic nitrogens is 5. The maximum absolute atomic E-state index is 14.0. The van der Waals surface area contributed by atoms with Crippen molar-refractivity contribution >= 4 is 5.91 Å². The zero-order valence-corrected chi connectivity index (χ0v) is 14.3. The number of amides is 1. The molecule has 0 saturated carbocycles. The molecule has 3 heterocycles. The number of fused-ring (bicyclic) bond motifs is 1. The molecule has 3 aromatic rings. The van der Waals surface area contributed by atoms with Crippen LogP contribution in [-0.2, 0) is 27.1 Å². The van der Waals surface area contributed by atoms with E-state index in [4.69, 9.17) is 0 Å². The van der Waals surface area contributed by atoms with E-state index < -0.39 is 17.5 Å². The van der Waals surface area contributed by atoms with Gasteiger partial charge >= 0.3 is 0 Å². The van der Waals surface area contributed by atoms with E-state index >= 15 is 0 Å². The molecule has 1 aliphatic heterocycles. The third-order valence-electron chi connectivity index (χ3n) is 4.61. The molecular formula is C17H16F2N6O. The van der Waals surface area contributed by atoms with Crippen molar-refractivity contribution in [3.63, 3.8) is 0 Å². The van der Waals surface area contributed by atoms with E-state index in [1.807, 2.05) is 14.1 Å². The summed E-state index contributed by atoms with van der Waals surface area (Å²) in [5, 5.41) is 12.5. The van der Waals surface area contributed by atoms with Gasteiger partial charge in [0.25, 0.3) is 5.91 Å². The van der Waals surface area contributed by atoms with Crippen LogP contribution in [0.4, 0.5) is 8.78 Å². The van der Waals surface area contributed by atoms with Gasteiger partial charge in [-0.05, 0) is 18.2 Å². The van der Waals surface area contributed by atoms with Gasteiger partial charge in [-0.2, -0.15) is 5.10 Å². The first-order chi connectivity index (χ1) is 12.5. The summed E-state index contributed by atoms with van der Waals surface area (Å²) in [7, 11) is 3.65. The van der Waals surface area contributed by atoms with Crippen molar-refractivity contribution in [1.82, 2.24) is 29.4 Å². The van der Waals surface area contributed by atoms with Crippen LogP contribution in [-0.4, -0.2) is 41.9 Å². The lowest BCUT2D eigenvalue weighted by Gasteiger charge is -2.27. The van der Waals surface area contributed by atoms with Crippen molar-refractivity contribution in [3.05, 3.63) is 53.0 Å². The highest BCUT2D eigenvalue weighted by Gasteiger charge is 2.30. The van der Waals surface area contributed by atoms with Crippen molar-refractivity contribution in [2.45, 2.75) is 13.0 Å². The first kappa shape index (κ1) is 16.4. The Kier molecular flexibility index (Phi) is 3.78. The molecule has 1 amide bonds. The number of hydrogen-bond acceptors (Lipinski definition) is 4. The summed E-state index contributed by atoms with van der Waals surface area (Å²) in [6, 6.07) is 2.89. The van der Waals surface area contributed by atoms with Crippen molar-refractivity contribution in [3.8, 4) is 11.5 Å². The number of rotatable bonds is 2. The summed E-state index contributed by atoms with van der Waals surface area (Å²) < 4.78 is 30.9. The Morgan fingerprint density at radius 2 is 2.04 bits per heavy atom. The summed E-state index contributed by atoms with van der Waals surface area (Å²) in [6.45, 7) is 0.653. The molecule has 1 aromatic carbocycles. The number of halogens is 2. The summed E-state index contributed by atoms with van der Waals surface area (Å²) in [4.78, 5) is 14.2. The Balaban J connectivity index is 1.71. The van der Waals surface area contributed by atoms with Crippen LogP contribution in [0, 0.1) is 11.6 Å². The molecule has 0 radical (unpaired) electrons. The maximum Gasteiger partial charge on any atom is 0.257 e. The third-order valence-corrected chi connectivity index (χ3v) is 4.61. The molecule has 9 heteroatoms. The Hall–Kier alpha value is -3.10. The molecule has 0 spiro atoms. The molecule has 1 aliphatic rings. The molecule has 2 aromatic heterocycles. The van der Waals surface area contributed by atoms with E-state index in [0.717, 1.165) is 29.5 Å². The Morgan fingerprint density at radius 1 is 1.23 bits per heavy atom. The van der Waals surface area contributed by atoms with Crippen molar-refractivity contribution in [2.24, 2.45) is 14.1 Å². The molecule has 7 nitrogen and oxygen atoms in total. The summed E-state index contributed by atoms with van der Waals surface area (Å²) in [5.41, 5.74) is 2.21. The Labute approximate surface area is 147 Å². The fourth-order valence-electron chi connectivity index (χ4n) is 3.27. The Morgan fingerprint density at radius 3 is 2.77 bits per heavy atom. The summed E-state index contributed by atoms with van der Waals surface area (Å²) in [6.07, 6.45) is 2.14. The maximum atomic E-state index is 14.0. The minimum Gasteiger partial charge on any atom is -0.334 e. The Bertz CT molecular complexity index is 1010. The van der Waals surface area contributed by atoms with Gasteiger partial charge in [-0.1, -0.05) is 0 Å². The number of carbonyl (C=O) groups is 1. The van der Waals surface area contributed by atoms with Crippen molar-refractivity contribution in [2.75, 3.05) is 6.54 Å². The van der Waals surface area contributed by atoms with Crippen LogP contribution in [0.3, 0.4) is 0 Å². The summed E-state index contributed by atoms with van der Waals surface area (Å²) >= 11 is 0. The first-order valence-electron chi connectivity index (χ1n) is 8.09. The summed E-state index contributed by atoms with van der Waals surface area (Å²) in [5.74, 6) is -1.33. The van der Waals surface area contributed by atoms with Crippen LogP contribution in [0.25, 0.3) is 11.5 Å². The van der Waals surface area contributed by atoms with Crippen LogP contribution >= 0.6 is 0 Å². The van der Waals surface area contributed by atoms with E-state index in [2.05, 4.69) is 15.3 Å². The zero-order valence-electron chi connectivity index (χ0n) is 14.3. The smallest absolute Gasteiger partial charge is 0.257 e. The lowest BCUT2D eigenvalue weighted by molar-refractivity contribution is 0.0728. The predicted octanol–water partition coefficient (Wildman–Crippen LogP) is 1.69. The van der Waals surface area contributed by atoms with Gasteiger partial charge in [0.05, 0.1) is 12.1 Å². The standard InChI is InChI=1S/C17H16F2N6O/c1-23-9-20-21-16(23)15-12-8-25(6-5-14(12)24(2)22-15)17(26)11-7-10(18)3-4-13(11)19/h3-4,7,9H,5-6,8H2,1-2H3. The van der Waals surface area contributed by atoms with Gasteiger partial charge in [-0.3, -0.25) is 9.48 Å². The first-order valence-corrected chi connectivity index (χ1v) is 8.09. The van der Waals surface area contributed by atoms with Crippen molar-refractivity contribution < 1.29 is 13.6 Å². The van der Waals surface area contributed by atoms with Gasteiger partial charge in [0.2, 0.25) is 0 Å². The number of hydrogen-bond donors (Lipinski definition) is 0. The normalized spacial score (nSPS) is 13.8. The van der Waals surface area contributed by atoms with E-state index in [1.165, 1.54) is 4.90 Å². The van der Waals surface area contributed by atoms with Crippen LogP contribution in [0.2, 0.25) is 0 Å². The number of benzene rings is 1. The zero-order chi connectivity index (χ0) is 18.4. The van der Waals surface area contributed by atoms with E-state index in [1.54, 1.807) is 15.6 Å². The van der Waals surface area contributed by atoms with E-state index in [0.29, 0.717) is 24.5 Å². The lowest BCUT2D eigenvalue weighted by atomic mass is 10.0. The fraction of sp³-hybridized carbons (Fsp3) is 0.294. The second-order valence-electron chi connectivity index (χ2n) is 6.26. The van der Waals surface area contributed by atoms with Crippen molar-refractivity contribution in [1.29, 1.82) is 0 Å². The molecule has 0 aliphatic carbocycles. The quantitative estimate of drug-likeness (QED) is 0.699. The number of nitrogens with zero attached hydrogens (tertiary/aromatic N) is 6. The van der Waals surface area contributed by atoms with Gasteiger partial charge in [-0.15, -0.1) is 10.2 Å². The minimum absolute atomic E-state index is 0.250. The lowest BCUT2D eigenvalue weighted by Crippen LogP contribution is -2.36. The molecule has 0 bridgehead atoms. The highest BCUT2D eigenvalue weighted by atomic mass is 19.1.